The summed E-state index contributed by atoms with van der Waals surface area (Å²) in [5.41, 5.74) is 0.362. The van der Waals surface area contributed by atoms with Crippen LogP contribution >= 0.6 is 11.5 Å². The summed E-state index contributed by atoms with van der Waals surface area (Å²) < 4.78 is 23.1. The molecule has 1 aromatic heterocycles. The van der Waals surface area contributed by atoms with E-state index in [0.717, 1.165) is 11.5 Å². The average molecular weight is 253 g/mol. The molecule has 0 aliphatic heterocycles. The van der Waals surface area contributed by atoms with Crippen molar-refractivity contribution in [1.82, 2.24) is 9.36 Å². The molecule has 0 bridgehead atoms. The maximum absolute atomic E-state index is 13.8. The molecule has 0 aliphatic carbocycles. The molecule has 0 atom stereocenters. The summed E-state index contributed by atoms with van der Waals surface area (Å²) in [7, 11) is 5.18. The van der Waals surface area contributed by atoms with Gasteiger partial charge in [0, 0.05) is 14.1 Å². The van der Waals surface area contributed by atoms with Crippen LogP contribution in [-0.2, 0) is 0 Å². The minimum Gasteiger partial charge on any atom is -0.496 e. The molecule has 2 aromatic rings. The summed E-state index contributed by atoms with van der Waals surface area (Å²) in [6.07, 6.45) is 0. The Morgan fingerprint density at radius 1 is 1.35 bits per heavy atom. The van der Waals surface area contributed by atoms with Crippen molar-refractivity contribution >= 4 is 17.5 Å². The van der Waals surface area contributed by atoms with Gasteiger partial charge in [-0.1, -0.05) is 6.07 Å². The molecule has 17 heavy (non-hydrogen) atoms. The molecule has 0 N–H and O–H groups in total. The van der Waals surface area contributed by atoms with E-state index in [1.165, 1.54) is 13.2 Å². The molecule has 6 heteroatoms. The van der Waals surface area contributed by atoms with Gasteiger partial charge in [-0.15, -0.1) is 0 Å². The van der Waals surface area contributed by atoms with Crippen LogP contribution in [0.15, 0.2) is 18.2 Å². The predicted molar refractivity (Wildman–Crippen MR) is 66.2 cm³/mol. The molecule has 4 nitrogen and oxygen atoms in total. The Labute approximate surface area is 103 Å². The average Bonchev–Trinajstić information content (AvgIpc) is 2.77. The fraction of sp³-hybridized carbons (Fsp3) is 0.273. The lowest BCUT2D eigenvalue weighted by Crippen LogP contribution is -2.10. The second kappa shape index (κ2) is 4.67. The summed E-state index contributed by atoms with van der Waals surface area (Å²) >= 11 is 1.15. The van der Waals surface area contributed by atoms with Gasteiger partial charge in [-0.25, -0.2) is 4.39 Å². The largest absolute Gasteiger partial charge is 0.496 e. The van der Waals surface area contributed by atoms with E-state index < -0.39 is 0 Å². The van der Waals surface area contributed by atoms with Gasteiger partial charge in [0.1, 0.15) is 11.6 Å². The number of nitrogens with zero attached hydrogens (tertiary/aromatic N) is 3. The summed E-state index contributed by atoms with van der Waals surface area (Å²) in [4.78, 5) is 6.03. The van der Waals surface area contributed by atoms with Crippen LogP contribution in [0.1, 0.15) is 0 Å². The van der Waals surface area contributed by atoms with Gasteiger partial charge in [0.25, 0.3) is 0 Å². The molecule has 0 amide bonds. The molecule has 1 heterocycles. The Morgan fingerprint density at radius 3 is 2.71 bits per heavy atom. The molecule has 0 radical (unpaired) electrons. The number of hydrogen-bond acceptors (Lipinski definition) is 5. The third-order valence-electron chi connectivity index (χ3n) is 2.22. The zero-order valence-corrected chi connectivity index (χ0v) is 10.6. The summed E-state index contributed by atoms with van der Waals surface area (Å²) in [5, 5.41) is 0.517. The first-order valence-electron chi connectivity index (χ1n) is 4.97. The molecule has 2 rings (SSSR count). The zero-order chi connectivity index (χ0) is 12.4. The van der Waals surface area contributed by atoms with Crippen LogP contribution in [0, 0.1) is 5.82 Å². The second-order valence-corrected chi connectivity index (χ2v) is 4.36. The van der Waals surface area contributed by atoms with Crippen LogP contribution in [0.2, 0.25) is 0 Å². The van der Waals surface area contributed by atoms with Crippen molar-refractivity contribution < 1.29 is 9.13 Å². The zero-order valence-electron chi connectivity index (χ0n) is 9.77. The Bertz CT molecular complexity index is 527. The molecule has 1 aromatic carbocycles. The van der Waals surface area contributed by atoms with Crippen molar-refractivity contribution in [3.05, 3.63) is 24.0 Å². The van der Waals surface area contributed by atoms with Crippen molar-refractivity contribution in [2.24, 2.45) is 0 Å². The second-order valence-electron chi connectivity index (χ2n) is 3.61. The topological polar surface area (TPSA) is 38.2 Å². The van der Waals surface area contributed by atoms with E-state index in [0.29, 0.717) is 22.3 Å². The van der Waals surface area contributed by atoms with Crippen molar-refractivity contribution in [2.75, 3.05) is 26.1 Å². The molecular weight excluding hydrogens is 241 g/mol. The first-order valence-corrected chi connectivity index (χ1v) is 5.74. The molecular formula is C11H12FN3OS. The highest BCUT2D eigenvalue weighted by Crippen LogP contribution is 2.34. The van der Waals surface area contributed by atoms with Gasteiger partial charge in [0.15, 0.2) is 5.01 Å². The number of rotatable bonds is 3. The number of benzene rings is 1. The fourth-order valence-electron chi connectivity index (χ4n) is 1.38. The first-order chi connectivity index (χ1) is 8.13. The third-order valence-corrected chi connectivity index (χ3v) is 2.95. The van der Waals surface area contributed by atoms with Crippen LogP contribution in [0.5, 0.6) is 5.75 Å². The number of hydrogen-bond donors (Lipinski definition) is 0. The number of methoxy groups -OCH3 is 1. The summed E-state index contributed by atoms with van der Waals surface area (Å²) in [6, 6.07) is 4.69. The lowest BCUT2D eigenvalue weighted by atomic mass is 10.2. The van der Waals surface area contributed by atoms with Crippen LogP contribution < -0.4 is 9.64 Å². The highest BCUT2D eigenvalue weighted by Gasteiger charge is 2.16. The highest BCUT2D eigenvalue weighted by molar-refractivity contribution is 7.09. The number of halogens is 1. The van der Waals surface area contributed by atoms with Gasteiger partial charge in [-0.2, -0.15) is 9.36 Å². The monoisotopic (exact) mass is 253 g/mol. The van der Waals surface area contributed by atoms with Crippen molar-refractivity contribution in [1.29, 1.82) is 0 Å². The quantitative estimate of drug-likeness (QED) is 0.842. The minimum atomic E-state index is -0.356. The van der Waals surface area contributed by atoms with E-state index in [-0.39, 0.29) is 5.82 Å². The lowest BCUT2D eigenvalue weighted by molar-refractivity contribution is 0.413. The Morgan fingerprint density at radius 2 is 2.12 bits per heavy atom. The Balaban J connectivity index is 2.51. The number of aromatic nitrogens is 2. The maximum Gasteiger partial charge on any atom is 0.237 e. The standard InChI is InChI=1S/C11H12FN3OS/c1-15(2)11-13-10(17-14-11)9-7(12)5-4-6-8(9)16-3/h4-6H,1-3H3. The van der Waals surface area contributed by atoms with E-state index in [1.807, 2.05) is 14.1 Å². The Kier molecular flexibility index (Phi) is 3.23. The molecule has 0 unspecified atom stereocenters. The third kappa shape index (κ3) is 2.21. The number of anilines is 1. The van der Waals surface area contributed by atoms with Gasteiger partial charge in [0.05, 0.1) is 12.7 Å². The van der Waals surface area contributed by atoms with E-state index in [1.54, 1.807) is 17.0 Å². The van der Waals surface area contributed by atoms with Crippen LogP contribution in [0.4, 0.5) is 10.3 Å². The Hall–Kier alpha value is -1.69. The van der Waals surface area contributed by atoms with Gasteiger partial charge in [-0.3, -0.25) is 0 Å². The predicted octanol–water partition coefficient (Wildman–Crippen LogP) is 2.42. The maximum atomic E-state index is 13.8. The molecule has 90 valence electrons. The molecule has 0 fully saturated rings. The van der Waals surface area contributed by atoms with Crippen LogP contribution in [-0.4, -0.2) is 30.6 Å². The van der Waals surface area contributed by atoms with Gasteiger partial charge < -0.3 is 9.64 Å². The molecule has 0 saturated heterocycles. The van der Waals surface area contributed by atoms with E-state index in [4.69, 9.17) is 4.74 Å². The normalized spacial score (nSPS) is 10.4. The summed E-state index contributed by atoms with van der Waals surface area (Å²) in [5.74, 6) is 0.674. The van der Waals surface area contributed by atoms with Crippen LogP contribution in [0.25, 0.3) is 10.6 Å². The van der Waals surface area contributed by atoms with Crippen molar-refractivity contribution in [2.45, 2.75) is 0 Å². The van der Waals surface area contributed by atoms with Crippen molar-refractivity contribution in [3.63, 3.8) is 0 Å². The minimum absolute atomic E-state index is 0.356. The van der Waals surface area contributed by atoms with Gasteiger partial charge in [0.2, 0.25) is 5.95 Å². The fourth-order valence-corrected chi connectivity index (χ4v) is 2.17. The van der Waals surface area contributed by atoms with Gasteiger partial charge in [-0.05, 0) is 23.7 Å². The number of ether oxygens (including phenoxy) is 1. The molecule has 0 aliphatic rings. The molecule has 0 saturated carbocycles. The van der Waals surface area contributed by atoms with E-state index in [9.17, 15) is 4.39 Å². The van der Waals surface area contributed by atoms with Gasteiger partial charge >= 0.3 is 0 Å². The summed E-state index contributed by atoms with van der Waals surface area (Å²) in [6.45, 7) is 0. The van der Waals surface area contributed by atoms with Crippen LogP contribution in [0.3, 0.4) is 0 Å². The lowest BCUT2D eigenvalue weighted by Gasteiger charge is -2.06. The highest BCUT2D eigenvalue weighted by atomic mass is 32.1. The molecule has 0 spiro atoms. The smallest absolute Gasteiger partial charge is 0.237 e. The first kappa shape index (κ1) is 11.8. The van der Waals surface area contributed by atoms with Crippen molar-refractivity contribution in [3.8, 4) is 16.3 Å². The van der Waals surface area contributed by atoms with E-state index in [2.05, 4.69) is 9.36 Å². The SMILES string of the molecule is COc1cccc(F)c1-c1nc(N(C)C)ns1. The van der Waals surface area contributed by atoms with E-state index >= 15 is 0 Å².